The number of nitrogens with one attached hydrogen (secondary N) is 3. The van der Waals surface area contributed by atoms with Crippen molar-refractivity contribution in [2.75, 3.05) is 18.5 Å². The summed E-state index contributed by atoms with van der Waals surface area (Å²) in [4.78, 5) is 64.8. The predicted molar refractivity (Wildman–Crippen MR) is 139 cm³/mol. The van der Waals surface area contributed by atoms with E-state index in [2.05, 4.69) is 16.0 Å². The molecule has 0 saturated carbocycles. The predicted octanol–water partition coefficient (Wildman–Crippen LogP) is 1.88. The van der Waals surface area contributed by atoms with E-state index in [1.807, 2.05) is 20.8 Å². The normalized spacial score (nSPS) is 22.0. The lowest BCUT2D eigenvalue weighted by Gasteiger charge is -2.35. The minimum atomic E-state index is -0.898. The van der Waals surface area contributed by atoms with Crippen LogP contribution in [0.5, 0.6) is 0 Å². The van der Waals surface area contributed by atoms with Gasteiger partial charge in [-0.05, 0) is 55.9 Å². The van der Waals surface area contributed by atoms with Gasteiger partial charge in [-0.3, -0.25) is 24.0 Å². The lowest BCUT2D eigenvalue weighted by molar-refractivity contribution is -0.164. The molecule has 0 unspecified atom stereocenters. The molecule has 4 amide bonds. The fourth-order valence-corrected chi connectivity index (χ4v) is 4.77. The van der Waals surface area contributed by atoms with Crippen molar-refractivity contribution < 1.29 is 33.4 Å². The summed E-state index contributed by atoms with van der Waals surface area (Å²) in [7, 11) is 0. The monoisotopic (exact) mass is 530 g/mol. The van der Waals surface area contributed by atoms with Gasteiger partial charge in [-0.15, -0.1) is 0 Å². The van der Waals surface area contributed by atoms with Gasteiger partial charge in [-0.2, -0.15) is 0 Å². The summed E-state index contributed by atoms with van der Waals surface area (Å²) < 4.78 is 10.6. The second kappa shape index (κ2) is 11.9. The van der Waals surface area contributed by atoms with Crippen LogP contribution in [0.2, 0.25) is 0 Å². The van der Waals surface area contributed by atoms with E-state index in [0.29, 0.717) is 42.8 Å². The second-order valence-corrected chi connectivity index (χ2v) is 10.8. The number of amides is 4. The molecule has 2 aliphatic heterocycles. The summed E-state index contributed by atoms with van der Waals surface area (Å²) in [6, 6.07) is 2.66. The first-order valence-corrected chi connectivity index (χ1v) is 12.9. The maximum Gasteiger partial charge on any atom is 0.310 e. The Morgan fingerprint density at radius 3 is 2.53 bits per heavy atom. The maximum atomic E-state index is 13.8. The lowest BCUT2D eigenvalue weighted by atomic mass is 9.85. The van der Waals surface area contributed by atoms with Crippen molar-refractivity contribution in [3.05, 3.63) is 29.3 Å². The number of benzene rings is 1. The molecule has 1 aromatic rings. The van der Waals surface area contributed by atoms with Crippen LogP contribution >= 0.6 is 0 Å². The molecule has 3 N–H and O–H groups in total. The number of carbonyl (C=O) groups is 5. The molecule has 1 aromatic carbocycles. The quantitative estimate of drug-likeness (QED) is 0.436. The van der Waals surface area contributed by atoms with Crippen molar-refractivity contribution in [1.29, 1.82) is 0 Å². The molecule has 4 atom stereocenters. The van der Waals surface area contributed by atoms with Crippen molar-refractivity contribution in [3.63, 3.8) is 0 Å². The first-order chi connectivity index (χ1) is 17.8. The Hall–Kier alpha value is -3.47. The molecule has 0 aromatic heterocycles. The summed E-state index contributed by atoms with van der Waals surface area (Å²) in [6.45, 7) is 11.2. The number of cyclic esters (lactones) is 1. The summed E-state index contributed by atoms with van der Waals surface area (Å²) in [6.07, 6.45) is 0.238. The van der Waals surface area contributed by atoms with Gasteiger partial charge in [0, 0.05) is 31.3 Å². The molecule has 2 saturated heterocycles. The fraction of sp³-hybridized carbons (Fsp3) is 0.593. The van der Waals surface area contributed by atoms with Crippen LogP contribution in [0.3, 0.4) is 0 Å². The van der Waals surface area contributed by atoms with E-state index in [-0.39, 0.29) is 24.1 Å². The Kier molecular flexibility index (Phi) is 9.14. The van der Waals surface area contributed by atoms with Gasteiger partial charge in [0.25, 0.3) is 5.91 Å². The van der Waals surface area contributed by atoms with Crippen LogP contribution in [0, 0.1) is 12.3 Å². The molecule has 0 spiro atoms. The van der Waals surface area contributed by atoms with Gasteiger partial charge in [0.1, 0.15) is 18.1 Å². The molecule has 2 fully saturated rings. The van der Waals surface area contributed by atoms with Gasteiger partial charge in [0.05, 0.1) is 6.42 Å². The van der Waals surface area contributed by atoms with E-state index in [1.165, 1.54) is 11.8 Å². The van der Waals surface area contributed by atoms with Crippen molar-refractivity contribution in [1.82, 2.24) is 15.5 Å². The number of ether oxygens (including phenoxy) is 2. The molecule has 0 bridgehead atoms. The zero-order valence-electron chi connectivity index (χ0n) is 22.9. The van der Waals surface area contributed by atoms with E-state index >= 15 is 0 Å². The molecule has 38 heavy (non-hydrogen) atoms. The van der Waals surface area contributed by atoms with Gasteiger partial charge in [-0.1, -0.05) is 20.8 Å². The Morgan fingerprint density at radius 2 is 1.92 bits per heavy atom. The summed E-state index contributed by atoms with van der Waals surface area (Å²) in [5, 5.41) is 8.38. The minimum absolute atomic E-state index is 0.00216. The fourth-order valence-electron chi connectivity index (χ4n) is 4.77. The highest BCUT2D eigenvalue weighted by Gasteiger charge is 2.44. The number of esters is 1. The average molecular weight is 531 g/mol. The first-order valence-electron chi connectivity index (χ1n) is 12.9. The van der Waals surface area contributed by atoms with Crippen LogP contribution in [-0.2, 0) is 28.7 Å². The van der Waals surface area contributed by atoms with E-state index in [4.69, 9.17) is 9.47 Å². The van der Waals surface area contributed by atoms with Crippen LogP contribution in [0.25, 0.3) is 0 Å². The van der Waals surface area contributed by atoms with Crippen LogP contribution in [0.1, 0.15) is 69.8 Å². The smallest absolute Gasteiger partial charge is 0.310 e. The summed E-state index contributed by atoms with van der Waals surface area (Å²) in [5.41, 5.74) is 0.947. The molecule has 3 rings (SSSR count). The number of anilines is 1. The molecule has 208 valence electrons. The molecule has 0 radical (unpaired) electrons. The summed E-state index contributed by atoms with van der Waals surface area (Å²) >= 11 is 0. The molecule has 11 nitrogen and oxygen atoms in total. The highest BCUT2D eigenvalue weighted by molar-refractivity contribution is 6.00. The summed E-state index contributed by atoms with van der Waals surface area (Å²) in [5.74, 6) is -1.83. The Morgan fingerprint density at radius 1 is 1.21 bits per heavy atom. The van der Waals surface area contributed by atoms with Crippen LogP contribution in [-0.4, -0.2) is 72.1 Å². The van der Waals surface area contributed by atoms with Crippen molar-refractivity contribution >= 4 is 35.3 Å². The number of carbonyl (C=O) groups excluding carboxylic acids is 5. The molecular formula is C27H38N4O7. The van der Waals surface area contributed by atoms with Gasteiger partial charge in [0.2, 0.25) is 24.0 Å². The van der Waals surface area contributed by atoms with Crippen LogP contribution in [0.15, 0.2) is 18.2 Å². The second-order valence-electron chi connectivity index (χ2n) is 10.8. The highest BCUT2D eigenvalue weighted by Crippen LogP contribution is 2.27. The standard InChI is InChI=1S/C27H38N4O7/c1-7-37-26-19(14-21(33)38-26)29-24(35)20-9-8-12-31(20)25(36)22(27(4,5)6)30-23(34)18-11-10-17(13-15(18)2)28-16(3)32/h10-11,13,19-20,22,26H,7-9,12,14H2,1-6H3,(H,28,32)(H,29,35)(H,30,34)/t19-,20-,22+,26+/m0/s1. The Balaban J connectivity index is 1.75. The van der Waals surface area contributed by atoms with E-state index in [1.54, 1.807) is 32.0 Å². The molecule has 2 heterocycles. The number of hydrogen-bond acceptors (Lipinski definition) is 7. The van der Waals surface area contributed by atoms with Crippen molar-refractivity contribution in [3.8, 4) is 0 Å². The number of hydrogen-bond donors (Lipinski definition) is 3. The number of rotatable bonds is 8. The third-order valence-corrected chi connectivity index (χ3v) is 6.64. The number of aryl methyl sites for hydroxylation is 1. The molecular weight excluding hydrogens is 492 g/mol. The zero-order valence-corrected chi connectivity index (χ0v) is 22.9. The Bertz CT molecular complexity index is 1100. The van der Waals surface area contributed by atoms with Crippen molar-refractivity contribution in [2.45, 2.75) is 85.2 Å². The molecule has 2 aliphatic rings. The van der Waals surface area contributed by atoms with E-state index in [9.17, 15) is 24.0 Å². The van der Waals surface area contributed by atoms with Gasteiger partial charge >= 0.3 is 5.97 Å². The number of likely N-dealkylation sites (tertiary alicyclic amines) is 1. The van der Waals surface area contributed by atoms with Crippen LogP contribution < -0.4 is 16.0 Å². The highest BCUT2D eigenvalue weighted by atomic mass is 16.7. The third kappa shape index (κ3) is 6.89. The average Bonchev–Trinajstić information content (AvgIpc) is 3.43. The largest absolute Gasteiger partial charge is 0.433 e. The topological polar surface area (TPSA) is 143 Å². The maximum absolute atomic E-state index is 13.8. The first kappa shape index (κ1) is 29.1. The van der Waals surface area contributed by atoms with Crippen molar-refractivity contribution in [2.24, 2.45) is 5.41 Å². The third-order valence-electron chi connectivity index (χ3n) is 6.64. The SMILES string of the molecule is CCO[C@@H]1OC(=O)C[C@@H]1NC(=O)[C@@H]1CCCN1C(=O)[C@@H](NC(=O)c1ccc(NC(C)=O)cc1C)C(C)(C)C. The van der Waals surface area contributed by atoms with Gasteiger partial charge in [-0.25, -0.2) is 0 Å². The van der Waals surface area contributed by atoms with E-state index in [0.717, 1.165) is 0 Å². The Labute approximate surface area is 223 Å². The molecule has 11 heteroatoms. The van der Waals surface area contributed by atoms with Gasteiger partial charge in [0.15, 0.2) is 0 Å². The van der Waals surface area contributed by atoms with E-state index < -0.39 is 41.7 Å². The zero-order chi connectivity index (χ0) is 28.2. The van der Waals surface area contributed by atoms with Gasteiger partial charge < -0.3 is 30.3 Å². The van der Waals surface area contributed by atoms with Crippen LogP contribution in [0.4, 0.5) is 5.69 Å². The molecule has 0 aliphatic carbocycles. The number of nitrogens with zero attached hydrogens (tertiary/aromatic N) is 1. The lowest BCUT2D eigenvalue weighted by Crippen LogP contribution is -2.58. The minimum Gasteiger partial charge on any atom is -0.433 e.